The summed E-state index contributed by atoms with van der Waals surface area (Å²) in [5, 5.41) is 0. The summed E-state index contributed by atoms with van der Waals surface area (Å²) in [6.07, 6.45) is 1.85. The third-order valence-corrected chi connectivity index (χ3v) is 2.64. The zero-order valence-electron chi connectivity index (χ0n) is 8.94. The van der Waals surface area contributed by atoms with Gasteiger partial charge in [0.1, 0.15) is 10.5 Å². The first-order valence-electron chi connectivity index (χ1n) is 5.11. The van der Waals surface area contributed by atoms with E-state index in [-0.39, 0.29) is 18.0 Å². The van der Waals surface area contributed by atoms with Crippen LogP contribution in [-0.2, 0) is 6.42 Å². The van der Waals surface area contributed by atoms with Crippen LogP contribution in [0.15, 0.2) is 42.6 Å². The molecule has 2 rings (SSSR count). The molecule has 0 aliphatic rings. The van der Waals surface area contributed by atoms with Crippen LogP contribution in [0, 0.1) is 10.5 Å². The number of aromatic nitrogens is 1. The van der Waals surface area contributed by atoms with Gasteiger partial charge in [0.15, 0.2) is 5.78 Å². The van der Waals surface area contributed by atoms with Gasteiger partial charge in [-0.3, -0.25) is 4.79 Å². The van der Waals surface area contributed by atoms with Gasteiger partial charge in [0.05, 0.1) is 0 Å². The van der Waals surface area contributed by atoms with Crippen LogP contribution in [0.25, 0.3) is 0 Å². The number of benzene rings is 1. The maximum absolute atomic E-state index is 12.7. The number of aromatic amines is 1. The van der Waals surface area contributed by atoms with E-state index < -0.39 is 0 Å². The topological polar surface area (TPSA) is 32.9 Å². The number of hydrogen-bond acceptors (Lipinski definition) is 2. The van der Waals surface area contributed by atoms with Crippen molar-refractivity contribution in [3.63, 3.8) is 0 Å². The van der Waals surface area contributed by atoms with Crippen molar-refractivity contribution in [3.05, 3.63) is 64.2 Å². The Morgan fingerprint density at radius 2 is 1.88 bits per heavy atom. The molecule has 1 aromatic heterocycles. The van der Waals surface area contributed by atoms with Crippen LogP contribution in [0.5, 0.6) is 0 Å². The normalized spacial score (nSPS) is 10.2. The van der Waals surface area contributed by atoms with Gasteiger partial charge < -0.3 is 4.98 Å². The quantitative estimate of drug-likeness (QED) is 0.666. The predicted molar refractivity (Wildman–Crippen MR) is 66.1 cm³/mol. The number of Topliss-reactive ketones (excluding diaryl/α,β-unsaturated/α-hetero) is 1. The van der Waals surface area contributed by atoms with Gasteiger partial charge >= 0.3 is 0 Å². The Morgan fingerprint density at radius 3 is 2.47 bits per heavy atom. The Labute approximate surface area is 103 Å². The second-order valence-electron chi connectivity index (χ2n) is 3.67. The number of carbonyl (C=O) groups excluding carboxylic acids is 1. The molecule has 0 spiro atoms. The monoisotopic (exact) mass is 247 g/mol. The Hall–Kier alpha value is -1.81. The summed E-state index contributed by atoms with van der Waals surface area (Å²) in [6, 6.07) is 9.27. The minimum Gasteiger partial charge on any atom is -0.352 e. The Kier molecular flexibility index (Phi) is 3.44. The van der Waals surface area contributed by atoms with Crippen LogP contribution in [0.1, 0.15) is 15.9 Å². The van der Waals surface area contributed by atoms with Crippen molar-refractivity contribution in [2.24, 2.45) is 0 Å². The molecular formula is C13H10FNOS. The van der Waals surface area contributed by atoms with E-state index in [1.165, 1.54) is 12.1 Å². The summed E-state index contributed by atoms with van der Waals surface area (Å²) in [4.78, 5) is 14.7. The van der Waals surface area contributed by atoms with Crippen molar-refractivity contribution in [2.75, 3.05) is 0 Å². The van der Waals surface area contributed by atoms with E-state index in [9.17, 15) is 9.18 Å². The highest BCUT2D eigenvalue weighted by molar-refractivity contribution is 7.71. The zero-order valence-corrected chi connectivity index (χ0v) is 9.76. The first kappa shape index (κ1) is 11.7. The van der Waals surface area contributed by atoms with Crippen molar-refractivity contribution in [1.29, 1.82) is 0 Å². The SMILES string of the molecule is O=C(Cc1ccc(F)cc1)c1ccc(=S)[nH]c1. The fourth-order valence-electron chi connectivity index (χ4n) is 1.47. The molecule has 0 aliphatic heterocycles. The lowest BCUT2D eigenvalue weighted by Crippen LogP contribution is -2.03. The lowest BCUT2D eigenvalue weighted by molar-refractivity contribution is 0.0992. The van der Waals surface area contributed by atoms with E-state index in [1.807, 2.05) is 0 Å². The van der Waals surface area contributed by atoms with Gasteiger partial charge in [0.25, 0.3) is 0 Å². The molecule has 1 N–H and O–H groups in total. The van der Waals surface area contributed by atoms with Crippen LogP contribution < -0.4 is 0 Å². The Balaban J connectivity index is 2.14. The number of carbonyl (C=O) groups is 1. The number of pyridine rings is 1. The van der Waals surface area contributed by atoms with Gasteiger partial charge in [-0.15, -0.1) is 0 Å². The molecule has 0 bridgehead atoms. The molecule has 4 heteroatoms. The third-order valence-electron chi connectivity index (χ3n) is 2.38. The predicted octanol–water partition coefficient (Wildman–Crippen LogP) is 3.31. The minimum absolute atomic E-state index is 0.0251. The van der Waals surface area contributed by atoms with Crippen molar-refractivity contribution >= 4 is 18.0 Å². The molecule has 0 saturated carbocycles. The fraction of sp³-hybridized carbons (Fsp3) is 0.0769. The molecular weight excluding hydrogens is 237 g/mol. The van der Waals surface area contributed by atoms with Crippen molar-refractivity contribution in [3.8, 4) is 0 Å². The van der Waals surface area contributed by atoms with Crippen LogP contribution >= 0.6 is 12.2 Å². The van der Waals surface area contributed by atoms with E-state index in [4.69, 9.17) is 12.2 Å². The van der Waals surface area contributed by atoms with Gasteiger partial charge in [-0.1, -0.05) is 24.4 Å². The second kappa shape index (κ2) is 5.01. The highest BCUT2D eigenvalue weighted by Crippen LogP contribution is 2.08. The lowest BCUT2D eigenvalue weighted by atomic mass is 10.0. The van der Waals surface area contributed by atoms with E-state index in [0.717, 1.165) is 5.56 Å². The summed E-state index contributed by atoms with van der Waals surface area (Å²) >= 11 is 4.89. The summed E-state index contributed by atoms with van der Waals surface area (Å²) in [7, 11) is 0. The van der Waals surface area contributed by atoms with Crippen LogP contribution in [0.4, 0.5) is 4.39 Å². The highest BCUT2D eigenvalue weighted by Gasteiger charge is 2.06. The highest BCUT2D eigenvalue weighted by atomic mass is 32.1. The van der Waals surface area contributed by atoms with Crippen LogP contribution in [0.2, 0.25) is 0 Å². The third kappa shape index (κ3) is 3.07. The fourth-order valence-corrected chi connectivity index (χ4v) is 1.60. The molecule has 86 valence electrons. The summed E-state index contributed by atoms with van der Waals surface area (Å²) < 4.78 is 13.3. The summed E-state index contributed by atoms with van der Waals surface area (Å²) in [6.45, 7) is 0. The number of rotatable bonds is 3. The van der Waals surface area contributed by atoms with Crippen molar-refractivity contribution in [2.45, 2.75) is 6.42 Å². The Morgan fingerprint density at radius 1 is 1.18 bits per heavy atom. The number of H-pyrrole nitrogens is 1. The summed E-state index contributed by atoms with van der Waals surface area (Å²) in [5.74, 6) is -0.326. The van der Waals surface area contributed by atoms with E-state index in [0.29, 0.717) is 10.2 Å². The van der Waals surface area contributed by atoms with Gasteiger partial charge in [-0.05, 0) is 29.8 Å². The Bertz CT molecular complexity index is 569. The molecule has 2 nitrogen and oxygen atoms in total. The van der Waals surface area contributed by atoms with Gasteiger partial charge in [0, 0.05) is 18.2 Å². The van der Waals surface area contributed by atoms with Gasteiger partial charge in [-0.2, -0.15) is 0 Å². The molecule has 0 fully saturated rings. The van der Waals surface area contributed by atoms with E-state index in [1.54, 1.807) is 30.5 Å². The minimum atomic E-state index is -0.301. The smallest absolute Gasteiger partial charge is 0.168 e. The zero-order chi connectivity index (χ0) is 12.3. The number of halogens is 1. The largest absolute Gasteiger partial charge is 0.352 e. The molecule has 2 aromatic rings. The average molecular weight is 247 g/mol. The lowest BCUT2D eigenvalue weighted by Gasteiger charge is -2.01. The van der Waals surface area contributed by atoms with Crippen molar-refractivity contribution in [1.82, 2.24) is 4.98 Å². The van der Waals surface area contributed by atoms with E-state index in [2.05, 4.69) is 4.98 Å². The van der Waals surface area contributed by atoms with Gasteiger partial charge in [-0.25, -0.2) is 4.39 Å². The molecule has 1 heterocycles. The average Bonchev–Trinajstić information content (AvgIpc) is 2.33. The maximum Gasteiger partial charge on any atom is 0.168 e. The molecule has 0 radical (unpaired) electrons. The number of hydrogen-bond donors (Lipinski definition) is 1. The standard InChI is InChI=1S/C13H10FNOS/c14-11-4-1-9(2-5-11)7-12(16)10-3-6-13(17)15-8-10/h1-6,8H,7H2,(H,15,17). The molecule has 0 aliphatic carbocycles. The van der Waals surface area contributed by atoms with E-state index >= 15 is 0 Å². The van der Waals surface area contributed by atoms with Crippen LogP contribution in [0.3, 0.4) is 0 Å². The molecule has 0 amide bonds. The first-order chi connectivity index (χ1) is 8.15. The number of nitrogens with one attached hydrogen (secondary N) is 1. The maximum atomic E-state index is 12.7. The van der Waals surface area contributed by atoms with Crippen molar-refractivity contribution < 1.29 is 9.18 Å². The number of ketones is 1. The molecule has 0 atom stereocenters. The molecule has 0 unspecified atom stereocenters. The van der Waals surface area contributed by atoms with Gasteiger partial charge in [0.2, 0.25) is 0 Å². The summed E-state index contributed by atoms with van der Waals surface area (Å²) in [5.41, 5.74) is 1.36. The second-order valence-corrected chi connectivity index (χ2v) is 4.11. The molecule has 0 saturated heterocycles. The molecule has 17 heavy (non-hydrogen) atoms. The first-order valence-corrected chi connectivity index (χ1v) is 5.52. The van der Waals surface area contributed by atoms with Crippen LogP contribution in [-0.4, -0.2) is 10.8 Å². The molecule has 1 aromatic carbocycles.